The van der Waals surface area contributed by atoms with Crippen molar-refractivity contribution >= 4 is 17.5 Å². The molecule has 21 heavy (non-hydrogen) atoms. The van der Waals surface area contributed by atoms with E-state index in [9.17, 15) is 13.6 Å². The van der Waals surface area contributed by atoms with Gasteiger partial charge < -0.3 is 4.90 Å². The lowest BCUT2D eigenvalue weighted by Crippen LogP contribution is -2.30. The lowest BCUT2D eigenvalue weighted by molar-refractivity contribution is 0.0752. The molecule has 0 saturated carbocycles. The molecule has 0 N–H and O–H groups in total. The molecule has 0 atom stereocenters. The fraction of sp³-hybridized carbons (Fsp3) is 0.200. The van der Waals surface area contributed by atoms with Crippen molar-refractivity contribution < 1.29 is 13.6 Å². The van der Waals surface area contributed by atoms with Crippen molar-refractivity contribution in [2.45, 2.75) is 13.5 Å². The van der Waals surface area contributed by atoms with E-state index in [4.69, 9.17) is 11.6 Å². The Balaban J connectivity index is 2.19. The van der Waals surface area contributed by atoms with Crippen LogP contribution in [-0.4, -0.2) is 22.3 Å². The van der Waals surface area contributed by atoms with Crippen LogP contribution in [0.3, 0.4) is 0 Å². The maximum absolute atomic E-state index is 13.2. The molecule has 0 bridgehead atoms. The van der Waals surface area contributed by atoms with Gasteiger partial charge in [0.1, 0.15) is 5.15 Å². The molecule has 0 radical (unpaired) electrons. The van der Waals surface area contributed by atoms with Crippen molar-refractivity contribution in [2.24, 2.45) is 0 Å². The minimum Gasteiger partial charge on any atom is -0.335 e. The van der Waals surface area contributed by atoms with Crippen molar-refractivity contribution in [1.29, 1.82) is 0 Å². The van der Waals surface area contributed by atoms with Gasteiger partial charge in [-0.2, -0.15) is 0 Å². The van der Waals surface area contributed by atoms with E-state index in [1.165, 1.54) is 23.2 Å². The number of pyridine rings is 1. The zero-order valence-electron chi connectivity index (χ0n) is 11.3. The molecule has 2 aromatic rings. The summed E-state index contributed by atoms with van der Waals surface area (Å²) in [7, 11) is 0. The number of aromatic nitrogens is 1. The lowest BCUT2D eigenvalue weighted by atomic mass is 10.1. The molecule has 1 heterocycles. The third kappa shape index (κ3) is 3.76. The topological polar surface area (TPSA) is 33.2 Å². The number of nitrogens with zero attached hydrogens (tertiary/aromatic N) is 2. The molecule has 0 aliphatic rings. The minimum absolute atomic E-state index is 0.187. The zero-order valence-corrected chi connectivity index (χ0v) is 12.1. The number of benzene rings is 1. The Bertz CT molecular complexity index is 664. The van der Waals surface area contributed by atoms with Gasteiger partial charge in [-0.15, -0.1) is 0 Å². The SMILES string of the molecule is CCN(Cc1ccc(F)c(F)c1)C(=O)c1ccnc(Cl)c1. The van der Waals surface area contributed by atoms with E-state index in [0.717, 1.165) is 12.1 Å². The van der Waals surface area contributed by atoms with Crippen LogP contribution < -0.4 is 0 Å². The Morgan fingerprint density at radius 1 is 1.24 bits per heavy atom. The van der Waals surface area contributed by atoms with Gasteiger partial charge in [0.2, 0.25) is 0 Å². The van der Waals surface area contributed by atoms with Crippen LogP contribution in [0.4, 0.5) is 8.78 Å². The van der Waals surface area contributed by atoms with Crippen molar-refractivity contribution in [3.63, 3.8) is 0 Å². The van der Waals surface area contributed by atoms with E-state index >= 15 is 0 Å². The third-order valence-electron chi connectivity index (χ3n) is 3.00. The van der Waals surface area contributed by atoms with Crippen LogP contribution in [0.2, 0.25) is 5.15 Å². The van der Waals surface area contributed by atoms with Crippen molar-refractivity contribution in [2.75, 3.05) is 6.54 Å². The average molecular weight is 311 g/mol. The third-order valence-corrected chi connectivity index (χ3v) is 3.21. The minimum atomic E-state index is -0.928. The number of halogens is 3. The summed E-state index contributed by atoms with van der Waals surface area (Å²) >= 11 is 5.76. The molecule has 110 valence electrons. The van der Waals surface area contributed by atoms with Crippen LogP contribution in [0.15, 0.2) is 36.5 Å². The summed E-state index contributed by atoms with van der Waals surface area (Å²) < 4.78 is 26.1. The van der Waals surface area contributed by atoms with E-state index in [1.807, 2.05) is 0 Å². The maximum Gasteiger partial charge on any atom is 0.254 e. The largest absolute Gasteiger partial charge is 0.335 e. The number of hydrogen-bond acceptors (Lipinski definition) is 2. The Labute approximate surface area is 126 Å². The molecule has 0 aliphatic carbocycles. The highest BCUT2D eigenvalue weighted by Gasteiger charge is 2.16. The second kappa shape index (κ2) is 6.63. The first kappa shape index (κ1) is 15.4. The second-order valence-electron chi connectivity index (χ2n) is 4.44. The second-order valence-corrected chi connectivity index (χ2v) is 4.82. The van der Waals surface area contributed by atoms with Crippen LogP contribution in [0.5, 0.6) is 0 Å². The molecular weight excluding hydrogens is 298 g/mol. The molecule has 1 amide bonds. The van der Waals surface area contributed by atoms with Crippen LogP contribution in [-0.2, 0) is 6.54 Å². The Morgan fingerprint density at radius 2 is 2.00 bits per heavy atom. The highest BCUT2D eigenvalue weighted by molar-refractivity contribution is 6.29. The highest BCUT2D eigenvalue weighted by atomic mass is 35.5. The van der Waals surface area contributed by atoms with Gasteiger partial charge in [-0.05, 0) is 36.8 Å². The molecule has 0 unspecified atom stereocenters. The van der Waals surface area contributed by atoms with E-state index in [2.05, 4.69) is 4.98 Å². The summed E-state index contributed by atoms with van der Waals surface area (Å²) in [6.45, 7) is 2.42. The monoisotopic (exact) mass is 310 g/mol. The molecule has 6 heteroatoms. The van der Waals surface area contributed by atoms with Gasteiger partial charge in [-0.3, -0.25) is 4.79 Å². The summed E-state index contributed by atoms with van der Waals surface area (Å²) in [5.74, 6) is -2.08. The summed E-state index contributed by atoms with van der Waals surface area (Å²) in [6, 6.07) is 6.62. The molecule has 2 rings (SSSR count). The van der Waals surface area contributed by atoms with Crippen LogP contribution in [0.1, 0.15) is 22.8 Å². The quantitative estimate of drug-likeness (QED) is 0.807. The molecule has 0 saturated heterocycles. The zero-order chi connectivity index (χ0) is 15.4. The van der Waals surface area contributed by atoms with Gasteiger partial charge in [0, 0.05) is 24.8 Å². The first-order chi connectivity index (χ1) is 10.0. The summed E-state index contributed by atoms with van der Waals surface area (Å²) in [5.41, 5.74) is 0.920. The van der Waals surface area contributed by atoms with Crippen LogP contribution in [0.25, 0.3) is 0 Å². The molecule has 3 nitrogen and oxygen atoms in total. The number of rotatable bonds is 4. The normalized spacial score (nSPS) is 10.5. The number of carbonyl (C=O) groups is 1. The maximum atomic E-state index is 13.2. The number of amides is 1. The highest BCUT2D eigenvalue weighted by Crippen LogP contribution is 2.14. The van der Waals surface area contributed by atoms with Crippen molar-refractivity contribution in [3.8, 4) is 0 Å². The predicted molar refractivity (Wildman–Crippen MR) is 76.0 cm³/mol. The molecule has 0 spiro atoms. The van der Waals surface area contributed by atoms with Crippen LogP contribution >= 0.6 is 11.6 Å². The van der Waals surface area contributed by atoms with Gasteiger partial charge in [0.15, 0.2) is 11.6 Å². The molecule has 1 aromatic heterocycles. The van der Waals surface area contributed by atoms with E-state index in [0.29, 0.717) is 17.7 Å². The van der Waals surface area contributed by atoms with E-state index < -0.39 is 11.6 Å². The Morgan fingerprint density at radius 3 is 2.62 bits per heavy atom. The van der Waals surface area contributed by atoms with E-state index in [1.54, 1.807) is 13.0 Å². The average Bonchev–Trinajstić information content (AvgIpc) is 2.47. The van der Waals surface area contributed by atoms with Gasteiger partial charge in [-0.1, -0.05) is 17.7 Å². The van der Waals surface area contributed by atoms with Gasteiger partial charge in [0.05, 0.1) is 0 Å². The van der Waals surface area contributed by atoms with Gasteiger partial charge >= 0.3 is 0 Å². The Hall–Kier alpha value is -2.01. The fourth-order valence-electron chi connectivity index (χ4n) is 1.90. The first-order valence-electron chi connectivity index (χ1n) is 6.36. The summed E-state index contributed by atoms with van der Waals surface area (Å²) in [4.78, 5) is 17.7. The smallest absolute Gasteiger partial charge is 0.254 e. The summed E-state index contributed by atoms with van der Waals surface area (Å²) in [5, 5.41) is 0.227. The molecule has 0 aliphatic heterocycles. The standard InChI is InChI=1S/C15H13ClF2N2O/c1-2-20(9-10-3-4-12(17)13(18)7-10)15(21)11-5-6-19-14(16)8-11/h3-8H,2,9H2,1H3. The lowest BCUT2D eigenvalue weighted by Gasteiger charge is -2.21. The van der Waals surface area contributed by atoms with Crippen LogP contribution in [0, 0.1) is 11.6 Å². The Kier molecular flexibility index (Phi) is 4.85. The summed E-state index contributed by atoms with van der Waals surface area (Å²) in [6.07, 6.45) is 1.45. The fourth-order valence-corrected chi connectivity index (χ4v) is 2.08. The van der Waals surface area contributed by atoms with Crippen molar-refractivity contribution in [1.82, 2.24) is 9.88 Å². The first-order valence-corrected chi connectivity index (χ1v) is 6.73. The number of hydrogen-bond donors (Lipinski definition) is 0. The molecular formula is C15H13ClF2N2O. The van der Waals surface area contributed by atoms with E-state index in [-0.39, 0.29) is 17.6 Å². The van der Waals surface area contributed by atoms with Gasteiger partial charge in [0.25, 0.3) is 5.91 Å². The molecule has 1 aromatic carbocycles. The van der Waals surface area contributed by atoms with Crippen molar-refractivity contribution in [3.05, 3.63) is 64.4 Å². The predicted octanol–water partition coefficient (Wildman–Crippen LogP) is 3.68. The van der Waals surface area contributed by atoms with Gasteiger partial charge in [-0.25, -0.2) is 13.8 Å². The number of carbonyl (C=O) groups excluding carboxylic acids is 1. The molecule has 0 fully saturated rings.